The molecule has 1 rings (SSSR count). The highest BCUT2D eigenvalue weighted by atomic mass is 32.2. The van der Waals surface area contributed by atoms with Crippen molar-refractivity contribution >= 4 is 21.4 Å². The smallest absolute Gasteiger partial charge is 0.250 e. The number of sulfonamides is 1. The Hall–Kier alpha value is -0.470. The maximum Gasteiger partial charge on any atom is 0.250 e. The Morgan fingerprint density at radius 2 is 2.10 bits per heavy atom. The van der Waals surface area contributed by atoms with E-state index in [-0.39, 0.29) is 6.04 Å². The summed E-state index contributed by atoms with van der Waals surface area (Å²) in [5, 5.41) is 3.23. The van der Waals surface area contributed by atoms with Gasteiger partial charge in [0.25, 0.3) is 0 Å². The van der Waals surface area contributed by atoms with Crippen LogP contribution < -0.4 is 10.0 Å². The van der Waals surface area contributed by atoms with Crippen molar-refractivity contribution in [2.45, 2.75) is 37.4 Å². The minimum Gasteiger partial charge on any atom is -0.380 e. The maximum absolute atomic E-state index is 12.2. The first-order valence-corrected chi connectivity index (χ1v) is 9.19. The number of thiophene rings is 1. The lowest BCUT2D eigenvalue weighted by Gasteiger charge is -2.12. The van der Waals surface area contributed by atoms with Crippen LogP contribution in [0.3, 0.4) is 0 Å². The van der Waals surface area contributed by atoms with Crippen molar-refractivity contribution in [3.63, 3.8) is 0 Å². The molecule has 0 aliphatic rings. The molecule has 0 amide bonds. The van der Waals surface area contributed by atoms with E-state index in [9.17, 15) is 8.42 Å². The van der Waals surface area contributed by atoms with Gasteiger partial charge >= 0.3 is 0 Å². The predicted octanol–water partition coefficient (Wildman–Crippen LogP) is 1.60. The standard InChI is InChI=1S/C13H24N2O3S2/c1-4-14-9-8-12-6-7-13(19-12)20(16,17)15-11(3)10-18-5-2/h6-7,11,14-15H,4-5,8-10H2,1-3H3. The van der Waals surface area contributed by atoms with Crippen molar-refractivity contribution in [3.8, 4) is 0 Å². The van der Waals surface area contributed by atoms with Crippen LogP contribution in [-0.4, -0.2) is 40.8 Å². The molecule has 0 aliphatic carbocycles. The number of nitrogens with one attached hydrogen (secondary N) is 2. The fourth-order valence-electron chi connectivity index (χ4n) is 1.68. The Morgan fingerprint density at radius 3 is 2.75 bits per heavy atom. The van der Waals surface area contributed by atoms with E-state index in [4.69, 9.17) is 4.74 Å². The molecule has 2 N–H and O–H groups in total. The molecule has 1 unspecified atom stereocenters. The number of hydrogen-bond acceptors (Lipinski definition) is 5. The molecule has 0 saturated carbocycles. The van der Waals surface area contributed by atoms with E-state index in [1.807, 2.05) is 19.9 Å². The lowest BCUT2D eigenvalue weighted by atomic mass is 10.3. The number of likely N-dealkylation sites (N-methyl/N-ethyl adjacent to an activating group) is 1. The summed E-state index contributed by atoms with van der Waals surface area (Å²) < 4.78 is 32.6. The first kappa shape index (κ1) is 17.6. The molecule has 1 aromatic heterocycles. The zero-order chi connectivity index (χ0) is 15.0. The molecule has 116 valence electrons. The van der Waals surface area contributed by atoms with Gasteiger partial charge in [0.15, 0.2) is 0 Å². The normalized spacial score (nSPS) is 13.6. The van der Waals surface area contributed by atoms with Crippen molar-refractivity contribution in [2.75, 3.05) is 26.3 Å². The molecule has 1 aromatic rings. The van der Waals surface area contributed by atoms with Crippen LogP contribution in [0.4, 0.5) is 0 Å². The zero-order valence-corrected chi connectivity index (χ0v) is 13.9. The maximum atomic E-state index is 12.2. The van der Waals surface area contributed by atoms with Crippen molar-refractivity contribution in [1.29, 1.82) is 0 Å². The topological polar surface area (TPSA) is 67.4 Å². The summed E-state index contributed by atoms with van der Waals surface area (Å²) in [6, 6.07) is 3.32. The summed E-state index contributed by atoms with van der Waals surface area (Å²) in [5.41, 5.74) is 0. The molecule has 0 aromatic carbocycles. The van der Waals surface area contributed by atoms with Crippen molar-refractivity contribution in [1.82, 2.24) is 10.0 Å². The van der Waals surface area contributed by atoms with Gasteiger partial charge in [-0.25, -0.2) is 13.1 Å². The lowest BCUT2D eigenvalue weighted by molar-refractivity contribution is 0.133. The molecule has 0 bridgehead atoms. The van der Waals surface area contributed by atoms with Gasteiger partial charge in [-0.2, -0.15) is 0 Å². The number of ether oxygens (including phenoxy) is 1. The van der Waals surface area contributed by atoms with Crippen LogP contribution in [0, 0.1) is 0 Å². The summed E-state index contributed by atoms with van der Waals surface area (Å²) in [5.74, 6) is 0. The average Bonchev–Trinajstić information content (AvgIpc) is 2.86. The van der Waals surface area contributed by atoms with Crippen LogP contribution in [0.5, 0.6) is 0 Å². The quantitative estimate of drug-likeness (QED) is 0.643. The largest absolute Gasteiger partial charge is 0.380 e. The van der Waals surface area contributed by atoms with Crippen molar-refractivity contribution in [2.24, 2.45) is 0 Å². The molecule has 0 spiro atoms. The second kappa shape index (κ2) is 8.74. The van der Waals surface area contributed by atoms with Crippen LogP contribution in [0.25, 0.3) is 0 Å². The third-order valence-electron chi connectivity index (χ3n) is 2.63. The highest BCUT2D eigenvalue weighted by molar-refractivity contribution is 7.91. The fraction of sp³-hybridized carbons (Fsp3) is 0.692. The Kier molecular flexibility index (Phi) is 7.68. The number of hydrogen-bond donors (Lipinski definition) is 2. The molecular weight excluding hydrogens is 296 g/mol. The molecule has 0 saturated heterocycles. The summed E-state index contributed by atoms with van der Waals surface area (Å²) >= 11 is 1.32. The van der Waals surface area contributed by atoms with E-state index in [1.165, 1.54) is 11.3 Å². The minimum absolute atomic E-state index is 0.229. The average molecular weight is 320 g/mol. The van der Waals surface area contributed by atoms with Gasteiger partial charge in [-0.05, 0) is 45.5 Å². The molecule has 0 radical (unpaired) electrons. The molecule has 0 fully saturated rings. The van der Waals surface area contributed by atoms with Gasteiger partial charge in [0.2, 0.25) is 10.0 Å². The van der Waals surface area contributed by atoms with Gasteiger partial charge in [-0.15, -0.1) is 11.3 Å². The van der Waals surface area contributed by atoms with Crippen LogP contribution >= 0.6 is 11.3 Å². The molecule has 1 heterocycles. The van der Waals surface area contributed by atoms with E-state index in [0.29, 0.717) is 17.4 Å². The van der Waals surface area contributed by atoms with Crippen LogP contribution in [-0.2, 0) is 21.2 Å². The third-order valence-corrected chi connectivity index (χ3v) is 5.85. The van der Waals surface area contributed by atoms with Crippen LogP contribution in [0.15, 0.2) is 16.3 Å². The molecule has 20 heavy (non-hydrogen) atoms. The number of rotatable bonds is 10. The SMILES string of the molecule is CCNCCc1ccc(S(=O)(=O)NC(C)COCC)s1. The van der Waals surface area contributed by atoms with Crippen LogP contribution in [0.1, 0.15) is 25.6 Å². The Morgan fingerprint density at radius 1 is 1.35 bits per heavy atom. The summed E-state index contributed by atoms with van der Waals surface area (Å²) in [7, 11) is -3.43. The first-order valence-electron chi connectivity index (χ1n) is 6.89. The highest BCUT2D eigenvalue weighted by Crippen LogP contribution is 2.22. The van der Waals surface area contributed by atoms with E-state index in [0.717, 1.165) is 24.4 Å². The highest BCUT2D eigenvalue weighted by Gasteiger charge is 2.19. The van der Waals surface area contributed by atoms with Gasteiger partial charge in [0.05, 0.1) is 6.61 Å². The second-order valence-electron chi connectivity index (χ2n) is 4.51. The molecule has 1 atom stereocenters. The Balaban J connectivity index is 2.59. The lowest BCUT2D eigenvalue weighted by Crippen LogP contribution is -2.35. The predicted molar refractivity (Wildman–Crippen MR) is 82.8 cm³/mol. The van der Waals surface area contributed by atoms with Gasteiger partial charge in [0, 0.05) is 17.5 Å². The molecule has 5 nitrogen and oxygen atoms in total. The monoisotopic (exact) mass is 320 g/mol. The second-order valence-corrected chi connectivity index (χ2v) is 7.62. The zero-order valence-electron chi connectivity index (χ0n) is 12.3. The van der Waals surface area contributed by atoms with Crippen LogP contribution in [0.2, 0.25) is 0 Å². The minimum atomic E-state index is -3.43. The van der Waals surface area contributed by atoms with Gasteiger partial charge in [0.1, 0.15) is 4.21 Å². The van der Waals surface area contributed by atoms with E-state index < -0.39 is 10.0 Å². The van der Waals surface area contributed by atoms with Gasteiger partial charge < -0.3 is 10.1 Å². The van der Waals surface area contributed by atoms with Gasteiger partial charge in [-0.1, -0.05) is 6.92 Å². The molecular formula is C13H24N2O3S2. The summed E-state index contributed by atoms with van der Waals surface area (Å²) in [4.78, 5) is 1.07. The molecule has 7 heteroatoms. The Bertz CT molecular complexity index is 486. The van der Waals surface area contributed by atoms with E-state index in [1.54, 1.807) is 13.0 Å². The first-order chi connectivity index (χ1) is 9.49. The third kappa shape index (κ3) is 5.88. The van der Waals surface area contributed by atoms with Crippen molar-refractivity contribution < 1.29 is 13.2 Å². The van der Waals surface area contributed by atoms with Crippen molar-refractivity contribution in [3.05, 3.63) is 17.0 Å². The van der Waals surface area contributed by atoms with Gasteiger partial charge in [-0.3, -0.25) is 0 Å². The fourth-order valence-corrected chi connectivity index (χ4v) is 4.28. The van der Waals surface area contributed by atoms with E-state index in [2.05, 4.69) is 10.0 Å². The summed E-state index contributed by atoms with van der Waals surface area (Å²) in [6.45, 7) is 8.49. The van der Waals surface area contributed by atoms with E-state index >= 15 is 0 Å². The summed E-state index contributed by atoms with van der Waals surface area (Å²) in [6.07, 6.45) is 0.850. The Labute approximate surface area is 125 Å². The molecule has 0 aliphatic heterocycles.